The van der Waals surface area contributed by atoms with Crippen molar-refractivity contribution in [3.05, 3.63) is 12.2 Å². The van der Waals surface area contributed by atoms with Gasteiger partial charge in [0.1, 0.15) is 6.07 Å². The van der Waals surface area contributed by atoms with E-state index < -0.39 is 17.0 Å². The number of likely N-dealkylation sites (tertiary alicyclic amines) is 1. The Morgan fingerprint density at radius 3 is 2.32 bits per heavy atom. The lowest BCUT2D eigenvalue weighted by Crippen LogP contribution is -2.64. The summed E-state index contributed by atoms with van der Waals surface area (Å²) >= 11 is 0. The number of ether oxygens (including phenoxy) is 1. The molecule has 19 heavy (non-hydrogen) atoms. The van der Waals surface area contributed by atoms with Crippen molar-refractivity contribution in [2.45, 2.75) is 52.2 Å². The van der Waals surface area contributed by atoms with Crippen LogP contribution >= 0.6 is 0 Å². The average molecular weight is 264 g/mol. The number of nitrogens with zero attached hydrogens (tertiary/aromatic N) is 2. The summed E-state index contributed by atoms with van der Waals surface area (Å²) in [6.45, 7) is 13.9. The van der Waals surface area contributed by atoms with Gasteiger partial charge in [-0.1, -0.05) is 20.4 Å². The standard InChI is InChI=1S/C15H24N2O2/c1-11(2)12(18)19-15(9-16)8-14(5,6)17(7)10-13(15,3)4/h1,8,10H2,2-7H3. The zero-order chi connectivity index (χ0) is 15.1. The van der Waals surface area contributed by atoms with Crippen molar-refractivity contribution in [3.8, 4) is 6.07 Å². The number of rotatable bonds is 2. The number of carbonyl (C=O) groups excluding carboxylic acids is 1. The fourth-order valence-electron chi connectivity index (χ4n) is 2.55. The third-order valence-corrected chi connectivity index (χ3v) is 4.24. The van der Waals surface area contributed by atoms with E-state index in [9.17, 15) is 10.1 Å². The van der Waals surface area contributed by atoms with Crippen LogP contribution in [-0.4, -0.2) is 35.6 Å². The van der Waals surface area contributed by atoms with Gasteiger partial charge in [-0.2, -0.15) is 5.26 Å². The molecule has 0 N–H and O–H groups in total. The zero-order valence-corrected chi connectivity index (χ0v) is 12.8. The van der Waals surface area contributed by atoms with Gasteiger partial charge in [-0.3, -0.25) is 0 Å². The Morgan fingerprint density at radius 1 is 1.37 bits per heavy atom. The fraction of sp³-hybridized carbons (Fsp3) is 0.733. The summed E-state index contributed by atoms with van der Waals surface area (Å²) in [6, 6.07) is 2.26. The molecular formula is C15H24N2O2. The molecule has 0 aliphatic carbocycles. The zero-order valence-electron chi connectivity index (χ0n) is 12.8. The maximum atomic E-state index is 11.9. The fourth-order valence-corrected chi connectivity index (χ4v) is 2.55. The molecule has 0 bridgehead atoms. The smallest absolute Gasteiger partial charge is 0.334 e. The van der Waals surface area contributed by atoms with E-state index in [2.05, 4.69) is 31.4 Å². The van der Waals surface area contributed by atoms with E-state index >= 15 is 0 Å². The number of carbonyl (C=O) groups is 1. The molecule has 0 spiro atoms. The van der Waals surface area contributed by atoms with Crippen LogP contribution in [-0.2, 0) is 9.53 Å². The first-order chi connectivity index (χ1) is 8.47. The summed E-state index contributed by atoms with van der Waals surface area (Å²) in [6.07, 6.45) is 0.485. The Balaban J connectivity index is 3.19. The minimum Gasteiger partial charge on any atom is -0.440 e. The van der Waals surface area contributed by atoms with Crippen molar-refractivity contribution < 1.29 is 9.53 Å². The first kappa shape index (κ1) is 15.7. The molecule has 1 rings (SSSR count). The van der Waals surface area contributed by atoms with Crippen molar-refractivity contribution in [2.24, 2.45) is 5.41 Å². The van der Waals surface area contributed by atoms with E-state index in [0.717, 1.165) is 0 Å². The lowest BCUT2D eigenvalue weighted by Gasteiger charge is -2.54. The second-order valence-electron chi connectivity index (χ2n) is 6.84. The molecule has 1 heterocycles. The number of esters is 1. The Bertz CT molecular complexity index is 446. The molecule has 0 amide bonds. The molecule has 1 aliphatic heterocycles. The van der Waals surface area contributed by atoms with Crippen LogP contribution < -0.4 is 0 Å². The molecule has 0 radical (unpaired) electrons. The first-order valence-electron chi connectivity index (χ1n) is 6.49. The van der Waals surface area contributed by atoms with Gasteiger partial charge in [-0.25, -0.2) is 4.79 Å². The van der Waals surface area contributed by atoms with E-state index in [1.165, 1.54) is 0 Å². The summed E-state index contributed by atoms with van der Waals surface area (Å²) in [7, 11) is 2.03. The molecule has 106 valence electrons. The quantitative estimate of drug-likeness (QED) is 0.568. The van der Waals surface area contributed by atoms with Crippen LogP contribution in [0.2, 0.25) is 0 Å². The molecule has 0 aromatic carbocycles. The highest BCUT2D eigenvalue weighted by atomic mass is 16.6. The summed E-state index contributed by atoms with van der Waals surface area (Å²) in [5.74, 6) is -0.491. The monoisotopic (exact) mass is 264 g/mol. The minimum atomic E-state index is -1.11. The lowest BCUT2D eigenvalue weighted by molar-refractivity contribution is -0.178. The third kappa shape index (κ3) is 2.66. The Labute approximate surface area is 116 Å². The molecule has 0 aromatic heterocycles. The molecule has 0 aromatic rings. The summed E-state index contributed by atoms with van der Waals surface area (Å²) in [5, 5.41) is 9.65. The van der Waals surface area contributed by atoms with Crippen molar-refractivity contribution >= 4 is 5.97 Å². The summed E-state index contributed by atoms with van der Waals surface area (Å²) in [5.41, 5.74) is -1.42. The summed E-state index contributed by atoms with van der Waals surface area (Å²) in [4.78, 5) is 14.1. The molecule has 1 aliphatic rings. The van der Waals surface area contributed by atoms with Gasteiger partial charge in [0.2, 0.25) is 5.60 Å². The number of hydrogen-bond donors (Lipinski definition) is 0. The Kier molecular flexibility index (Phi) is 3.84. The van der Waals surface area contributed by atoms with Crippen LogP contribution in [0.15, 0.2) is 12.2 Å². The highest BCUT2D eigenvalue weighted by Gasteiger charge is 2.57. The first-order valence-corrected chi connectivity index (χ1v) is 6.49. The highest BCUT2D eigenvalue weighted by Crippen LogP contribution is 2.46. The van der Waals surface area contributed by atoms with Crippen LogP contribution in [0.4, 0.5) is 0 Å². The van der Waals surface area contributed by atoms with Gasteiger partial charge in [0, 0.05) is 29.5 Å². The predicted octanol–water partition coefficient (Wildman–Crippen LogP) is 2.51. The second-order valence-corrected chi connectivity index (χ2v) is 6.84. The number of hydrogen-bond acceptors (Lipinski definition) is 4. The Hall–Kier alpha value is -1.34. The highest BCUT2D eigenvalue weighted by molar-refractivity contribution is 5.87. The molecular weight excluding hydrogens is 240 g/mol. The van der Waals surface area contributed by atoms with Crippen molar-refractivity contribution in [3.63, 3.8) is 0 Å². The minimum absolute atomic E-state index is 0.194. The van der Waals surface area contributed by atoms with Crippen LogP contribution in [0.25, 0.3) is 0 Å². The largest absolute Gasteiger partial charge is 0.440 e. The van der Waals surface area contributed by atoms with Gasteiger partial charge in [-0.05, 0) is 27.8 Å². The van der Waals surface area contributed by atoms with Crippen LogP contribution in [0, 0.1) is 16.7 Å². The van der Waals surface area contributed by atoms with Crippen LogP contribution in [0.3, 0.4) is 0 Å². The molecule has 4 nitrogen and oxygen atoms in total. The van der Waals surface area contributed by atoms with E-state index in [1.54, 1.807) is 6.92 Å². The normalized spacial score (nSPS) is 29.3. The molecule has 1 saturated heterocycles. The topological polar surface area (TPSA) is 53.3 Å². The SMILES string of the molecule is C=C(C)C(=O)OC1(C#N)CC(C)(C)N(C)CC1(C)C. The number of piperidine rings is 1. The van der Waals surface area contributed by atoms with Crippen LogP contribution in [0.5, 0.6) is 0 Å². The number of nitriles is 1. The average Bonchev–Trinajstić information content (AvgIpc) is 2.24. The molecule has 1 atom stereocenters. The van der Waals surface area contributed by atoms with Gasteiger partial charge in [-0.15, -0.1) is 0 Å². The predicted molar refractivity (Wildman–Crippen MR) is 74.4 cm³/mol. The molecule has 4 heteroatoms. The van der Waals surface area contributed by atoms with Crippen molar-refractivity contribution in [1.29, 1.82) is 5.26 Å². The van der Waals surface area contributed by atoms with E-state index in [4.69, 9.17) is 4.74 Å². The summed E-state index contributed by atoms with van der Waals surface area (Å²) < 4.78 is 5.56. The third-order valence-electron chi connectivity index (χ3n) is 4.24. The van der Waals surface area contributed by atoms with Gasteiger partial charge in [0.05, 0.1) is 0 Å². The van der Waals surface area contributed by atoms with E-state index in [1.807, 2.05) is 20.9 Å². The van der Waals surface area contributed by atoms with E-state index in [0.29, 0.717) is 18.5 Å². The van der Waals surface area contributed by atoms with Crippen molar-refractivity contribution in [2.75, 3.05) is 13.6 Å². The maximum absolute atomic E-state index is 11.9. The Morgan fingerprint density at radius 2 is 1.89 bits per heavy atom. The van der Waals surface area contributed by atoms with Gasteiger partial charge in [0.15, 0.2) is 0 Å². The lowest BCUT2D eigenvalue weighted by atomic mass is 9.65. The van der Waals surface area contributed by atoms with Crippen molar-refractivity contribution in [1.82, 2.24) is 4.90 Å². The molecule has 0 saturated carbocycles. The molecule has 1 unspecified atom stereocenters. The van der Waals surface area contributed by atoms with E-state index in [-0.39, 0.29) is 5.54 Å². The maximum Gasteiger partial charge on any atom is 0.334 e. The second kappa shape index (κ2) is 4.64. The molecule has 1 fully saturated rings. The van der Waals surface area contributed by atoms with Gasteiger partial charge < -0.3 is 9.64 Å². The van der Waals surface area contributed by atoms with Crippen LogP contribution in [0.1, 0.15) is 41.0 Å². The van der Waals surface area contributed by atoms with Gasteiger partial charge >= 0.3 is 5.97 Å². The van der Waals surface area contributed by atoms with Gasteiger partial charge in [0.25, 0.3) is 0 Å².